The molecule has 0 spiro atoms. The fourth-order valence-corrected chi connectivity index (χ4v) is 3.53. The fraction of sp³-hybridized carbons (Fsp3) is 0.286. The standard InChI is InChI=1S/C21H20F2N4O/c1-12(2)8-18-25-20-13(3)6-7-24-21(20)27(18)10-14-9-26(28)11-16-15(14)4-5-17(22)19(16)23/h4-7,9,11-12H,8,10H2,1-3H3. The van der Waals surface area contributed by atoms with Crippen LogP contribution in [0.15, 0.2) is 36.8 Å². The Hall–Kier alpha value is -3.09. The molecule has 0 N–H and O–H groups in total. The predicted octanol–water partition coefficient (Wildman–Crippen LogP) is 4.05. The van der Waals surface area contributed by atoms with Crippen LogP contribution in [0, 0.1) is 29.7 Å². The summed E-state index contributed by atoms with van der Waals surface area (Å²) in [7, 11) is 0. The molecule has 0 saturated carbocycles. The van der Waals surface area contributed by atoms with Gasteiger partial charge in [-0.05, 0) is 30.5 Å². The highest BCUT2D eigenvalue weighted by molar-refractivity contribution is 5.85. The number of pyridine rings is 2. The van der Waals surface area contributed by atoms with Gasteiger partial charge in [0.1, 0.15) is 11.3 Å². The van der Waals surface area contributed by atoms with Crippen molar-refractivity contribution >= 4 is 21.9 Å². The van der Waals surface area contributed by atoms with Gasteiger partial charge in [0.05, 0.1) is 11.9 Å². The lowest BCUT2D eigenvalue weighted by Gasteiger charge is -2.12. The summed E-state index contributed by atoms with van der Waals surface area (Å²) in [6, 6.07) is 4.49. The number of aromatic nitrogens is 4. The first-order valence-corrected chi connectivity index (χ1v) is 9.15. The molecule has 0 fully saturated rings. The van der Waals surface area contributed by atoms with E-state index in [4.69, 9.17) is 4.98 Å². The zero-order chi connectivity index (χ0) is 20.0. The Morgan fingerprint density at radius 3 is 2.68 bits per heavy atom. The van der Waals surface area contributed by atoms with E-state index < -0.39 is 11.6 Å². The lowest BCUT2D eigenvalue weighted by atomic mass is 10.1. The Morgan fingerprint density at radius 2 is 1.93 bits per heavy atom. The summed E-state index contributed by atoms with van der Waals surface area (Å²) in [5.74, 6) is -0.769. The highest BCUT2D eigenvalue weighted by Crippen LogP contribution is 2.26. The molecule has 0 bridgehead atoms. The minimum absolute atomic E-state index is 0.0357. The van der Waals surface area contributed by atoms with Gasteiger partial charge in [-0.3, -0.25) is 0 Å². The second-order valence-electron chi connectivity index (χ2n) is 7.48. The van der Waals surface area contributed by atoms with Crippen molar-refractivity contribution in [3.8, 4) is 0 Å². The van der Waals surface area contributed by atoms with Crippen molar-refractivity contribution in [2.45, 2.75) is 33.7 Å². The van der Waals surface area contributed by atoms with Crippen LogP contribution in [0.4, 0.5) is 8.78 Å². The average molecular weight is 382 g/mol. The molecule has 3 aromatic heterocycles. The largest absolute Gasteiger partial charge is 0.619 e. The summed E-state index contributed by atoms with van der Waals surface area (Å²) in [5.41, 5.74) is 3.12. The van der Waals surface area contributed by atoms with Crippen LogP contribution >= 0.6 is 0 Å². The number of aryl methyl sites for hydroxylation is 1. The average Bonchev–Trinajstić information content (AvgIpc) is 2.97. The van der Waals surface area contributed by atoms with Gasteiger partial charge in [0.25, 0.3) is 0 Å². The number of halogens is 2. The van der Waals surface area contributed by atoms with Gasteiger partial charge in [-0.2, -0.15) is 4.73 Å². The van der Waals surface area contributed by atoms with Crippen LogP contribution in [0.2, 0.25) is 0 Å². The molecule has 0 radical (unpaired) electrons. The highest BCUT2D eigenvalue weighted by atomic mass is 19.2. The van der Waals surface area contributed by atoms with Gasteiger partial charge in [-0.1, -0.05) is 19.9 Å². The van der Waals surface area contributed by atoms with Gasteiger partial charge < -0.3 is 9.77 Å². The summed E-state index contributed by atoms with van der Waals surface area (Å²) in [4.78, 5) is 9.25. The minimum Gasteiger partial charge on any atom is -0.619 e. The summed E-state index contributed by atoms with van der Waals surface area (Å²) in [6.07, 6.45) is 4.91. The molecule has 7 heteroatoms. The van der Waals surface area contributed by atoms with E-state index in [1.807, 2.05) is 17.6 Å². The SMILES string of the molecule is Cc1ccnc2c1nc(CC(C)C)n2Cc1c[n+]([O-])cc2c(F)c(F)ccc12. The topological polar surface area (TPSA) is 57.7 Å². The van der Waals surface area contributed by atoms with Crippen LogP contribution in [0.3, 0.4) is 0 Å². The quantitative estimate of drug-likeness (QED) is 0.395. The third-order valence-corrected chi connectivity index (χ3v) is 4.85. The molecule has 0 aliphatic carbocycles. The van der Waals surface area contributed by atoms with Crippen molar-refractivity contribution < 1.29 is 13.5 Å². The van der Waals surface area contributed by atoms with E-state index in [1.54, 1.807) is 6.20 Å². The highest BCUT2D eigenvalue weighted by Gasteiger charge is 2.19. The zero-order valence-corrected chi connectivity index (χ0v) is 15.9. The predicted molar refractivity (Wildman–Crippen MR) is 103 cm³/mol. The van der Waals surface area contributed by atoms with Crippen molar-refractivity contribution in [2.24, 2.45) is 5.92 Å². The Morgan fingerprint density at radius 1 is 1.14 bits per heavy atom. The third kappa shape index (κ3) is 3.06. The van der Waals surface area contributed by atoms with Crippen LogP contribution < -0.4 is 4.73 Å². The van der Waals surface area contributed by atoms with Crippen LogP contribution in [-0.4, -0.2) is 14.5 Å². The maximum absolute atomic E-state index is 14.2. The minimum atomic E-state index is -1.02. The Labute approximate surface area is 160 Å². The molecule has 0 aliphatic rings. The Bertz CT molecular complexity index is 1200. The summed E-state index contributed by atoms with van der Waals surface area (Å²) in [6.45, 7) is 6.47. The van der Waals surface area contributed by atoms with E-state index in [0.29, 0.717) is 33.8 Å². The van der Waals surface area contributed by atoms with Crippen LogP contribution in [0.1, 0.15) is 30.8 Å². The molecule has 0 aliphatic heterocycles. The van der Waals surface area contributed by atoms with Crippen molar-refractivity contribution in [1.29, 1.82) is 0 Å². The number of hydrogen-bond donors (Lipinski definition) is 0. The molecule has 0 unspecified atom stereocenters. The Kier molecular flexibility index (Phi) is 4.45. The van der Waals surface area contributed by atoms with Gasteiger partial charge >= 0.3 is 0 Å². The molecular weight excluding hydrogens is 362 g/mol. The van der Waals surface area contributed by atoms with Gasteiger partial charge in [-0.25, -0.2) is 18.7 Å². The fourth-order valence-electron chi connectivity index (χ4n) is 3.53. The van der Waals surface area contributed by atoms with Gasteiger partial charge in [-0.15, -0.1) is 0 Å². The molecule has 0 amide bonds. The summed E-state index contributed by atoms with van der Waals surface area (Å²) in [5, 5.41) is 12.5. The second kappa shape index (κ2) is 6.82. The molecule has 0 saturated heterocycles. The smallest absolute Gasteiger partial charge is 0.191 e. The van der Waals surface area contributed by atoms with Gasteiger partial charge in [0, 0.05) is 23.6 Å². The van der Waals surface area contributed by atoms with Crippen molar-refractivity contribution in [3.05, 3.63) is 70.6 Å². The van der Waals surface area contributed by atoms with E-state index in [0.717, 1.165) is 35.6 Å². The number of fused-ring (bicyclic) bond motifs is 2. The van der Waals surface area contributed by atoms with Crippen molar-refractivity contribution in [3.63, 3.8) is 0 Å². The number of rotatable bonds is 4. The molecule has 4 aromatic rings. The van der Waals surface area contributed by atoms with Gasteiger partial charge in [0.15, 0.2) is 29.7 Å². The van der Waals surface area contributed by atoms with E-state index in [2.05, 4.69) is 18.8 Å². The van der Waals surface area contributed by atoms with Gasteiger partial charge in [0.2, 0.25) is 0 Å². The molecule has 4 rings (SSSR count). The molecule has 1 aromatic carbocycles. The summed E-state index contributed by atoms with van der Waals surface area (Å²) < 4.78 is 30.3. The Balaban J connectivity index is 1.93. The summed E-state index contributed by atoms with van der Waals surface area (Å²) >= 11 is 0. The van der Waals surface area contributed by atoms with E-state index in [-0.39, 0.29) is 5.39 Å². The zero-order valence-electron chi connectivity index (χ0n) is 15.9. The van der Waals surface area contributed by atoms with Crippen molar-refractivity contribution in [2.75, 3.05) is 0 Å². The first-order valence-electron chi connectivity index (χ1n) is 9.15. The third-order valence-electron chi connectivity index (χ3n) is 4.85. The first-order chi connectivity index (χ1) is 13.3. The van der Waals surface area contributed by atoms with Crippen LogP contribution in [-0.2, 0) is 13.0 Å². The molecule has 0 atom stereocenters. The van der Waals surface area contributed by atoms with E-state index in [1.165, 1.54) is 12.3 Å². The lowest BCUT2D eigenvalue weighted by Crippen LogP contribution is -2.26. The maximum atomic E-state index is 14.2. The monoisotopic (exact) mass is 382 g/mol. The normalized spacial score (nSPS) is 11.8. The number of hydrogen-bond acceptors (Lipinski definition) is 3. The molecular formula is C21H20F2N4O. The van der Waals surface area contributed by atoms with E-state index >= 15 is 0 Å². The van der Waals surface area contributed by atoms with Crippen LogP contribution in [0.25, 0.3) is 21.9 Å². The van der Waals surface area contributed by atoms with Crippen LogP contribution in [0.5, 0.6) is 0 Å². The molecule has 144 valence electrons. The number of nitrogens with zero attached hydrogens (tertiary/aromatic N) is 4. The second-order valence-corrected chi connectivity index (χ2v) is 7.48. The molecule has 5 nitrogen and oxygen atoms in total. The molecule has 3 heterocycles. The first kappa shape index (κ1) is 18.3. The number of benzene rings is 1. The number of imidazole rings is 1. The maximum Gasteiger partial charge on any atom is 0.191 e. The van der Waals surface area contributed by atoms with Crippen molar-refractivity contribution in [1.82, 2.24) is 14.5 Å². The molecule has 28 heavy (non-hydrogen) atoms. The van der Waals surface area contributed by atoms with E-state index in [9.17, 15) is 14.0 Å². The lowest BCUT2D eigenvalue weighted by molar-refractivity contribution is -0.604.